The second kappa shape index (κ2) is 9.83. The normalized spacial score (nSPS) is 17.7. The van der Waals surface area contributed by atoms with Gasteiger partial charge in [0.2, 0.25) is 0 Å². The number of nitrogens with one attached hydrogen (secondary N) is 1. The fraction of sp³-hybridized carbons (Fsp3) is 1.00. The van der Waals surface area contributed by atoms with Crippen molar-refractivity contribution in [3.8, 4) is 0 Å². The first-order valence-corrected chi connectivity index (χ1v) is 8.54. The molecule has 1 aliphatic rings. The molecule has 1 aliphatic carbocycles. The molecule has 0 saturated heterocycles. The molecule has 0 spiro atoms. The summed E-state index contributed by atoms with van der Waals surface area (Å²) in [6.45, 7) is 6.93. The van der Waals surface area contributed by atoms with Gasteiger partial charge in [0.1, 0.15) is 0 Å². The topological polar surface area (TPSA) is 12.0 Å². The van der Waals surface area contributed by atoms with Crippen molar-refractivity contribution in [3.63, 3.8) is 0 Å². The summed E-state index contributed by atoms with van der Waals surface area (Å²) in [6.07, 6.45) is 17.5. The maximum atomic E-state index is 3.57. The SMILES string of the molecule is CCCCCCCCCCC1(CNCC)CCC1. The van der Waals surface area contributed by atoms with Crippen molar-refractivity contribution in [2.75, 3.05) is 13.1 Å². The summed E-state index contributed by atoms with van der Waals surface area (Å²) >= 11 is 0. The van der Waals surface area contributed by atoms with E-state index in [0.29, 0.717) is 5.41 Å². The van der Waals surface area contributed by atoms with E-state index in [9.17, 15) is 0 Å². The number of hydrogen-bond acceptors (Lipinski definition) is 1. The molecule has 0 unspecified atom stereocenters. The van der Waals surface area contributed by atoms with Crippen molar-refractivity contribution in [2.24, 2.45) is 5.41 Å². The minimum absolute atomic E-state index is 0.707. The van der Waals surface area contributed by atoms with E-state index in [0.717, 1.165) is 6.54 Å². The van der Waals surface area contributed by atoms with Crippen LogP contribution >= 0.6 is 0 Å². The zero-order chi connectivity index (χ0) is 13.1. The van der Waals surface area contributed by atoms with Gasteiger partial charge in [-0.1, -0.05) is 71.6 Å². The fourth-order valence-electron chi connectivity index (χ4n) is 3.22. The molecule has 18 heavy (non-hydrogen) atoms. The molecule has 0 amide bonds. The van der Waals surface area contributed by atoms with Crippen molar-refractivity contribution in [3.05, 3.63) is 0 Å². The molecule has 1 N–H and O–H groups in total. The molecular weight excluding hydrogens is 218 g/mol. The van der Waals surface area contributed by atoms with Crippen molar-refractivity contribution in [2.45, 2.75) is 90.9 Å². The number of rotatable bonds is 12. The third-order valence-electron chi connectivity index (χ3n) is 4.72. The summed E-state index contributed by atoms with van der Waals surface area (Å²) in [7, 11) is 0. The van der Waals surface area contributed by atoms with Crippen molar-refractivity contribution < 1.29 is 0 Å². The molecule has 0 radical (unpaired) electrons. The van der Waals surface area contributed by atoms with Crippen LogP contribution in [0, 0.1) is 5.41 Å². The van der Waals surface area contributed by atoms with E-state index in [1.165, 1.54) is 83.6 Å². The Balaban J connectivity index is 1.92. The molecule has 0 aromatic rings. The van der Waals surface area contributed by atoms with E-state index in [2.05, 4.69) is 19.2 Å². The smallest absolute Gasteiger partial charge is 0.000769 e. The zero-order valence-electron chi connectivity index (χ0n) is 12.9. The molecule has 0 aromatic carbocycles. The standard InChI is InChI=1S/C17H35N/c1-3-5-6-7-8-9-10-11-13-17(14-12-15-17)16-18-4-2/h18H,3-16H2,1-2H3. The highest BCUT2D eigenvalue weighted by atomic mass is 14.9. The quantitative estimate of drug-likeness (QED) is 0.466. The predicted octanol–water partition coefficient (Wildman–Crippen LogP) is 5.30. The predicted molar refractivity (Wildman–Crippen MR) is 82.1 cm³/mol. The second-order valence-electron chi connectivity index (χ2n) is 6.36. The molecule has 1 heteroatoms. The van der Waals surface area contributed by atoms with Crippen LogP contribution in [0.2, 0.25) is 0 Å². The molecular formula is C17H35N. The average Bonchev–Trinajstić information content (AvgIpc) is 2.34. The van der Waals surface area contributed by atoms with Crippen molar-refractivity contribution in [1.29, 1.82) is 0 Å². The van der Waals surface area contributed by atoms with E-state index in [-0.39, 0.29) is 0 Å². The van der Waals surface area contributed by atoms with Gasteiger partial charge in [-0.2, -0.15) is 0 Å². The van der Waals surface area contributed by atoms with Gasteiger partial charge in [-0.15, -0.1) is 0 Å². The molecule has 1 rings (SSSR count). The van der Waals surface area contributed by atoms with E-state index in [1.807, 2.05) is 0 Å². The van der Waals surface area contributed by atoms with E-state index < -0.39 is 0 Å². The third-order valence-corrected chi connectivity index (χ3v) is 4.72. The maximum Gasteiger partial charge on any atom is 0.000769 e. The summed E-state index contributed by atoms with van der Waals surface area (Å²) in [5, 5.41) is 3.57. The first kappa shape index (κ1) is 16.0. The number of unbranched alkanes of at least 4 members (excludes halogenated alkanes) is 7. The lowest BCUT2D eigenvalue weighted by atomic mass is 9.66. The van der Waals surface area contributed by atoms with Gasteiger partial charge in [0, 0.05) is 6.54 Å². The van der Waals surface area contributed by atoms with Crippen LogP contribution < -0.4 is 5.32 Å². The van der Waals surface area contributed by atoms with Gasteiger partial charge in [-0.3, -0.25) is 0 Å². The van der Waals surface area contributed by atoms with Crippen molar-refractivity contribution >= 4 is 0 Å². The molecule has 108 valence electrons. The highest BCUT2D eigenvalue weighted by Gasteiger charge is 2.35. The number of hydrogen-bond donors (Lipinski definition) is 1. The molecule has 0 aliphatic heterocycles. The Morgan fingerprint density at radius 2 is 1.44 bits per heavy atom. The summed E-state index contributed by atoms with van der Waals surface area (Å²) in [5.74, 6) is 0. The van der Waals surface area contributed by atoms with Gasteiger partial charge >= 0.3 is 0 Å². The Morgan fingerprint density at radius 1 is 0.833 bits per heavy atom. The van der Waals surface area contributed by atoms with E-state index >= 15 is 0 Å². The Kier molecular flexibility index (Phi) is 8.75. The molecule has 1 saturated carbocycles. The lowest BCUT2D eigenvalue weighted by molar-refractivity contribution is 0.113. The largest absolute Gasteiger partial charge is 0.316 e. The Morgan fingerprint density at radius 3 is 1.94 bits per heavy atom. The summed E-state index contributed by atoms with van der Waals surface area (Å²) in [4.78, 5) is 0. The van der Waals surface area contributed by atoms with Gasteiger partial charge in [-0.05, 0) is 31.2 Å². The van der Waals surface area contributed by atoms with E-state index in [4.69, 9.17) is 0 Å². The van der Waals surface area contributed by atoms with Gasteiger partial charge in [0.05, 0.1) is 0 Å². The second-order valence-corrected chi connectivity index (χ2v) is 6.36. The van der Waals surface area contributed by atoms with Crippen LogP contribution in [0.1, 0.15) is 90.9 Å². The third kappa shape index (κ3) is 6.22. The van der Waals surface area contributed by atoms with Gasteiger partial charge < -0.3 is 5.32 Å². The van der Waals surface area contributed by atoms with Crippen LogP contribution in [0.5, 0.6) is 0 Å². The van der Waals surface area contributed by atoms with Gasteiger partial charge in [0.15, 0.2) is 0 Å². The lowest BCUT2D eigenvalue weighted by Crippen LogP contribution is -2.39. The first-order chi connectivity index (χ1) is 8.83. The molecule has 0 bridgehead atoms. The Hall–Kier alpha value is -0.0400. The molecule has 1 nitrogen and oxygen atoms in total. The molecule has 0 atom stereocenters. The maximum absolute atomic E-state index is 3.57. The molecule has 0 aromatic heterocycles. The van der Waals surface area contributed by atoms with Crippen LogP contribution in [0.25, 0.3) is 0 Å². The molecule has 0 heterocycles. The summed E-state index contributed by atoms with van der Waals surface area (Å²) in [6, 6.07) is 0. The van der Waals surface area contributed by atoms with Gasteiger partial charge in [-0.25, -0.2) is 0 Å². The average molecular weight is 253 g/mol. The van der Waals surface area contributed by atoms with Crippen LogP contribution in [-0.2, 0) is 0 Å². The fourth-order valence-corrected chi connectivity index (χ4v) is 3.22. The summed E-state index contributed by atoms with van der Waals surface area (Å²) in [5.41, 5.74) is 0.707. The highest BCUT2D eigenvalue weighted by molar-refractivity contribution is 4.89. The molecule has 1 fully saturated rings. The van der Waals surface area contributed by atoms with Crippen LogP contribution in [0.4, 0.5) is 0 Å². The van der Waals surface area contributed by atoms with E-state index in [1.54, 1.807) is 0 Å². The summed E-state index contributed by atoms with van der Waals surface area (Å²) < 4.78 is 0. The minimum Gasteiger partial charge on any atom is -0.316 e. The Labute approximate surface area is 115 Å². The first-order valence-electron chi connectivity index (χ1n) is 8.54. The monoisotopic (exact) mass is 253 g/mol. The zero-order valence-corrected chi connectivity index (χ0v) is 12.9. The van der Waals surface area contributed by atoms with Crippen molar-refractivity contribution in [1.82, 2.24) is 5.32 Å². The minimum atomic E-state index is 0.707. The van der Waals surface area contributed by atoms with Crippen LogP contribution in [0.3, 0.4) is 0 Å². The van der Waals surface area contributed by atoms with Crippen LogP contribution in [-0.4, -0.2) is 13.1 Å². The van der Waals surface area contributed by atoms with Gasteiger partial charge in [0.25, 0.3) is 0 Å². The Bertz CT molecular complexity index is 184. The van der Waals surface area contributed by atoms with Crippen LogP contribution in [0.15, 0.2) is 0 Å². The lowest BCUT2D eigenvalue weighted by Gasteiger charge is -2.42. The highest BCUT2D eigenvalue weighted by Crippen LogP contribution is 2.44.